The molecule has 0 unspecified atom stereocenters. The molecule has 0 aliphatic heterocycles. The number of rotatable bonds is 4. The van der Waals surface area contributed by atoms with E-state index in [1.807, 2.05) is 13.8 Å². The minimum Gasteiger partial charge on any atom is -0.339 e. The minimum absolute atomic E-state index is 0.0251. The van der Waals surface area contributed by atoms with Gasteiger partial charge in [0.1, 0.15) is 5.69 Å². The number of carbonyl (C=O) groups excluding carboxylic acids is 1. The van der Waals surface area contributed by atoms with Gasteiger partial charge in [-0.3, -0.25) is 9.48 Å². The maximum Gasteiger partial charge on any atom is 0.271 e. The molecule has 15 heavy (non-hydrogen) atoms. The molecular weight excluding hydrogens is 192 g/mol. The largest absolute Gasteiger partial charge is 0.339 e. The average Bonchev–Trinajstić information content (AvgIpc) is 2.58. The number of hydrogen-bond donors (Lipinski definition) is 1. The molecule has 0 saturated heterocycles. The highest BCUT2D eigenvalue weighted by Crippen LogP contribution is 2.06. The number of aromatic nitrogens is 2. The smallest absolute Gasteiger partial charge is 0.271 e. The SMILES string of the molecule is CCn1nc(C)cc1C(=O)N(C)CCN. The van der Waals surface area contributed by atoms with Crippen LogP contribution in [-0.4, -0.2) is 40.7 Å². The minimum atomic E-state index is -0.0251. The third-order valence-electron chi connectivity index (χ3n) is 2.23. The van der Waals surface area contributed by atoms with E-state index in [9.17, 15) is 4.79 Å². The fraction of sp³-hybridized carbons (Fsp3) is 0.600. The van der Waals surface area contributed by atoms with Crippen molar-refractivity contribution >= 4 is 5.91 Å². The lowest BCUT2D eigenvalue weighted by Gasteiger charge is -2.16. The Kier molecular flexibility index (Phi) is 3.85. The van der Waals surface area contributed by atoms with Crippen LogP contribution in [0.25, 0.3) is 0 Å². The van der Waals surface area contributed by atoms with Crippen molar-refractivity contribution in [3.8, 4) is 0 Å². The molecule has 1 aromatic rings. The molecule has 84 valence electrons. The topological polar surface area (TPSA) is 64.2 Å². The van der Waals surface area contributed by atoms with E-state index in [1.54, 1.807) is 22.7 Å². The fourth-order valence-electron chi connectivity index (χ4n) is 1.45. The highest BCUT2D eigenvalue weighted by molar-refractivity contribution is 5.92. The lowest BCUT2D eigenvalue weighted by atomic mass is 10.3. The Morgan fingerprint density at radius 2 is 2.33 bits per heavy atom. The normalized spacial score (nSPS) is 10.4. The molecule has 0 atom stereocenters. The van der Waals surface area contributed by atoms with Gasteiger partial charge in [-0.1, -0.05) is 0 Å². The number of likely N-dealkylation sites (N-methyl/N-ethyl adjacent to an activating group) is 1. The molecule has 0 bridgehead atoms. The van der Waals surface area contributed by atoms with Crippen LogP contribution in [0.1, 0.15) is 23.1 Å². The molecule has 5 heteroatoms. The van der Waals surface area contributed by atoms with Crippen molar-refractivity contribution in [1.29, 1.82) is 0 Å². The number of amides is 1. The first-order chi connectivity index (χ1) is 7.10. The number of hydrogen-bond acceptors (Lipinski definition) is 3. The van der Waals surface area contributed by atoms with Crippen LogP contribution < -0.4 is 5.73 Å². The van der Waals surface area contributed by atoms with Crippen molar-refractivity contribution in [2.24, 2.45) is 5.73 Å². The molecule has 0 spiro atoms. The van der Waals surface area contributed by atoms with Crippen LogP contribution in [-0.2, 0) is 6.54 Å². The lowest BCUT2D eigenvalue weighted by molar-refractivity contribution is 0.0787. The summed E-state index contributed by atoms with van der Waals surface area (Å²) < 4.78 is 1.71. The van der Waals surface area contributed by atoms with Crippen LogP contribution in [0.5, 0.6) is 0 Å². The Hall–Kier alpha value is -1.36. The standard InChI is InChI=1S/C10H18N4O/c1-4-14-9(7-8(2)12-14)10(15)13(3)6-5-11/h7H,4-6,11H2,1-3H3. The van der Waals surface area contributed by atoms with Gasteiger partial charge in [-0.25, -0.2) is 0 Å². The van der Waals surface area contributed by atoms with Gasteiger partial charge in [0.2, 0.25) is 0 Å². The van der Waals surface area contributed by atoms with Crippen LogP contribution in [0.2, 0.25) is 0 Å². The zero-order valence-corrected chi connectivity index (χ0v) is 9.53. The molecular formula is C10H18N4O. The Balaban J connectivity index is 2.89. The van der Waals surface area contributed by atoms with Gasteiger partial charge in [0, 0.05) is 26.7 Å². The van der Waals surface area contributed by atoms with E-state index in [-0.39, 0.29) is 5.91 Å². The summed E-state index contributed by atoms with van der Waals surface area (Å²) >= 11 is 0. The number of nitrogens with two attached hydrogens (primary N) is 1. The predicted molar refractivity (Wildman–Crippen MR) is 58.7 cm³/mol. The van der Waals surface area contributed by atoms with E-state index in [2.05, 4.69) is 5.10 Å². The van der Waals surface area contributed by atoms with E-state index in [0.717, 1.165) is 5.69 Å². The summed E-state index contributed by atoms with van der Waals surface area (Å²) in [5, 5.41) is 4.23. The first kappa shape index (κ1) is 11.7. The lowest BCUT2D eigenvalue weighted by Crippen LogP contribution is -2.33. The molecule has 1 rings (SSSR count). The average molecular weight is 210 g/mol. The van der Waals surface area contributed by atoms with E-state index >= 15 is 0 Å². The second kappa shape index (κ2) is 4.93. The highest BCUT2D eigenvalue weighted by Gasteiger charge is 2.16. The molecule has 1 heterocycles. The van der Waals surface area contributed by atoms with Gasteiger partial charge in [0.05, 0.1) is 5.69 Å². The van der Waals surface area contributed by atoms with E-state index in [0.29, 0.717) is 25.3 Å². The first-order valence-electron chi connectivity index (χ1n) is 5.10. The summed E-state index contributed by atoms with van der Waals surface area (Å²) in [4.78, 5) is 13.6. The summed E-state index contributed by atoms with van der Waals surface area (Å²) in [7, 11) is 1.75. The summed E-state index contributed by atoms with van der Waals surface area (Å²) in [5.74, 6) is -0.0251. The van der Waals surface area contributed by atoms with Gasteiger partial charge in [-0.2, -0.15) is 5.10 Å². The third-order valence-corrected chi connectivity index (χ3v) is 2.23. The van der Waals surface area contributed by atoms with Crippen LogP contribution >= 0.6 is 0 Å². The van der Waals surface area contributed by atoms with Crippen molar-refractivity contribution in [2.75, 3.05) is 20.1 Å². The molecule has 0 radical (unpaired) electrons. The summed E-state index contributed by atoms with van der Waals surface area (Å²) in [6.45, 7) is 5.58. The third kappa shape index (κ3) is 2.56. The molecule has 2 N–H and O–H groups in total. The molecule has 0 aromatic carbocycles. The van der Waals surface area contributed by atoms with Crippen molar-refractivity contribution in [2.45, 2.75) is 20.4 Å². The van der Waals surface area contributed by atoms with Crippen molar-refractivity contribution in [1.82, 2.24) is 14.7 Å². The Bertz CT molecular complexity index is 345. The second-order valence-corrected chi connectivity index (χ2v) is 3.50. The monoisotopic (exact) mass is 210 g/mol. The number of carbonyl (C=O) groups is 1. The van der Waals surface area contributed by atoms with Gasteiger partial charge >= 0.3 is 0 Å². The van der Waals surface area contributed by atoms with E-state index < -0.39 is 0 Å². The number of nitrogens with zero attached hydrogens (tertiary/aromatic N) is 3. The molecule has 5 nitrogen and oxygen atoms in total. The first-order valence-corrected chi connectivity index (χ1v) is 5.10. The Morgan fingerprint density at radius 3 is 2.87 bits per heavy atom. The number of aryl methyl sites for hydroxylation is 2. The van der Waals surface area contributed by atoms with Crippen molar-refractivity contribution < 1.29 is 4.79 Å². The van der Waals surface area contributed by atoms with E-state index in [4.69, 9.17) is 5.73 Å². The quantitative estimate of drug-likeness (QED) is 0.774. The summed E-state index contributed by atoms with van der Waals surface area (Å²) in [6, 6.07) is 1.80. The second-order valence-electron chi connectivity index (χ2n) is 3.50. The molecule has 0 aliphatic carbocycles. The van der Waals surface area contributed by atoms with Gasteiger partial charge in [-0.05, 0) is 19.9 Å². The van der Waals surface area contributed by atoms with Crippen LogP contribution in [0.3, 0.4) is 0 Å². The molecule has 1 amide bonds. The maximum absolute atomic E-state index is 11.9. The Labute approximate surface area is 89.9 Å². The zero-order valence-electron chi connectivity index (χ0n) is 9.53. The summed E-state index contributed by atoms with van der Waals surface area (Å²) in [5.41, 5.74) is 6.90. The Morgan fingerprint density at radius 1 is 1.67 bits per heavy atom. The zero-order chi connectivity index (χ0) is 11.4. The van der Waals surface area contributed by atoms with Crippen LogP contribution in [0.15, 0.2) is 6.07 Å². The van der Waals surface area contributed by atoms with Crippen LogP contribution in [0, 0.1) is 6.92 Å². The maximum atomic E-state index is 11.9. The van der Waals surface area contributed by atoms with Gasteiger partial charge in [0.25, 0.3) is 5.91 Å². The van der Waals surface area contributed by atoms with E-state index in [1.165, 1.54) is 0 Å². The van der Waals surface area contributed by atoms with Gasteiger partial charge < -0.3 is 10.6 Å². The van der Waals surface area contributed by atoms with Gasteiger partial charge in [-0.15, -0.1) is 0 Å². The molecule has 0 saturated carbocycles. The van der Waals surface area contributed by atoms with Crippen molar-refractivity contribution in [3.63, 3.8) is 0 Å². The van der Waals surface area contributed by atoms with Gasteiger partial charge in [0.15, 0.2) is 0 Å². The van der Waals surface area contributed by atoms with Crippen LogP contribution in [0.4, 0.5) is 0 Å². The predicted octanol–water partition coefficient (Wildman–Crippen LogP) is 0.242. The molecule has 0 aliphatic rings. The molecule has 0 fully saturated rings. The van der Waals surface area contributed by atoms with Crippen molar-refractivity contribution in [3.05, 3.63) is 17.5 Å². The fourth-order valence-corrected chi connectivity index (χ4v) is 1.45. The summed E-state index contributed by atoms with van der Waals surface area (Å²) in [6.07, 6.45) is 0. The molecule has 1 aromatic heterocycles. The highest BCUT2D eigenvalue weighted by atomic mass is 16.2.